The fourth-order valence-electron chi connectivity index (χ4n) is 6.69. The molecule has 0 bridgehead atoms. The first kappa shape index (κ1) is 31.1. The van der Waals surface area contributed by atoms with E-state index in [4.69, 9.17) is 4.74 Å². The highest BCUT2D eigenvalue weighted by Gasteiger charge is 2.45. The van der Waals surface area contributed by atoms with E-state index < -0.39 is 40.0 Å². The minimum absolute atomic E-state index is 0.0809. The lowest BCUT2D eigenvalue weighted by Gasteiger charge is -2.43. The Balaban J connectivity index is 1.51. The molecule has 4 rings (SSSR count). The summed E-state index contributed by atoms with van der Waals surface area (Å²) in [7, 11) is -3.37. The molecular weight excluding hydrogens is 557 g/mol. The molecular formula is C27H38F5N3O4S. The van der Waals surface area contributed by atoms with Crippen molar-refractivity contribution in [2.24, 2.45) is 17.8 Å². The first-order chi connectivity index (χ1) is 18.8. The molecule has 0 saturated carbocycles. The molecule has 0 aliphatic carbocycles. The number of hydrogen-bond donors (Lipinski definition) is 1. The Hall–Kier alpha value is -1.83. The molecule has 226 valence electrons. The zero-order chi connectivity index (χ0) is 29.1. The number of likely N-dealkylation sites (tertiary alicyclic amines) is 1. The molecule has 40 heavy (non-hydrogen) atoms. The number of ether oxygens (including phenoxy) is 1. The number of piperidine rings is 3. The van der Waals surface area contributed by atoms with Crippen LogP contribution in [0, 0.1) is 29.4 Å². The van der Waals surface area contributed by atoms with E-state index in [-0.39, 0.29) is 37.4 Å². The molecule has 7 nitrogen and oxygen atoms in total. The lowest BCUT2D eigenvalue weighted by atomic mass is 9.77. The second kappa shape index (κ2) is 13.0. The van der Waals surface area contributed by atoms with Crippen LogP contribution >= 0.6 is 0 Å². The second-order valence-electron chi connectivity index (χ2n) is 11.4. The van der Waals surface area contributed by atoms with Crippen molar-refractivity contribution < 1.29 is 39.9 Å². The molecule has 3 aliphatic rings. The van der Waals surface area contributed by atoms with Gasteiger partial charge in [0, 0.05) is 38.7 Å². The average Bonchev–Trinajstić information content (AvgIpc) is 2.88. The summed E-state index contributed by atoms with van der Waals surface area (Å²) >= 11 is 0. The van der Waals surface area contributed by atoms with Crippen LogP contribution < -0.4 is 5.32 Å². The Kier molecular flexibility index (Phi) is 10.1. The number of rotatable bonds is 8. The summed E-state index contributed by atoms with van der Waals surface area (Å²) in [5, 5.41) is 3.29. The van der Waals surface area contributed by atoms with E-state index in [1.54, 1.807) is 4.90 Å². The van der Waals surface area contributed by atoms with Crippen LogP contribution in [0.25, 0.3) is 0 Å². The predicted octanol–water partition coefficient (Wildman–Crippen LogP) is 4.25. The zero-order valence-corrected chi connectivity index (χ0v) is 23.5. The normalized spacial score (nSPS) is 25.6. The van der Waals surface area contributed by atoms with E-state index in [1.165, 1.54) is 16.4 Å². The first-order valence-electron chi connectivity index (χ1n) is 13.9. The number of nitrogens with one attached hydrogen (secondary N) is 1. The van der Waals surface area contributed by atoms with Crippen LogP contribution in [0.4, 0.5) is 22.0 Å². The smallest absolute Gasteiger partial charge is 0.440 e. The Bertz CT molecular complexity index is 1100. The van der Waals surface area contributed by atoms with Gasteiger partial charge in [-0.05, 0) is 93.0 Å². The molecule has 0 radical (unpaired) electrons. The van der Waals surface area contributed by atoms with Crippen LogP contribution in [-0.2, 0) is 19.6 Å². The maximum absolute atomic E-state index is 14.2. The molecule has 3 fully saturated rings. The van der Waals surface area contributed by atoms with E-state index in [0.29, 0.717) is 43.7 Å². The van der Waals surface area contributed by atoms with Gasteiger partial charge in [-0.25, -0.2) is 26.3 Å². The number of alkyl halides is 3. The van der Waals surface area contributed by atoms with E-state index in [0.717, 1.165) is 44.7 Å². The van der Waals surface area contributed by atoms with E-state index in [9.17, 15) is 35.2 Å². The molecule has 3 saturated heterocycles. The number of halogens is 5. The van der Waals surface area contributed by atoms with Gasteiger partial charge in [0.25, 0.3) is 0 Å². The zero-order valence-electron chi connectivity index (χ0n) is 22.6. The molecule has 0 spiro atoms. The van der Waals surface area contributed by atoms with Gasteiger partial charge in [-0.15, -0.1) is 0 Å². The molecule has 3 aliphatic heterocycles. The van der Waals surface area contributed by atoms with Gasteiger partial charge >= 0.3 is 12.1 Å². The molecule has 1 N–H and O–H groups in total. The number of nitrogens with zero attached hydrogens (tertiary/aromatic N) is 2. The van der Waals surface area contributed by atoms with Gasteiger partial charge in [0.1, 0.15) is 11.6 Å². The highest BCUT2D eigenvalue weighted by molar-refractivity contribution is 7.88. The van der Waals surface area contributed by atoms with Crippen LogP contribution in [0.5, 0.6) is 0 Å². The van der Waals surface area contributed by atoms with Crippen molar-refractivity contribution in [3.63, 3.8) is 0 Å². The Morgan fingerprint density at radius 3 is 2.20 bits per heavy atom. The molecule has 1 aromatic carbocycles. The molecule has 0 aromatic heterocycles. The SMILES string of the molecule is CS(=O)(=O)N1CCC([C@@H](CCN2CCC(C3CCNCC3)CC2OC(=O)C(F)(F)F)c2cc(F)cc(F)c2)CC1. The highest BCUT2D eigenvalue weighted by Crippen LogP contribution is 2.39. The number of sulfonamides is 1. The van der Waals surface area contributed by atoms with Gasteiger partial charge in [0.05, 0.1) is 6.26 Å². The predicted molar refractivity (Wildman–Crippen MR) is 139 cm³/mol. The van der Waals surface area contributed by atoms with Crippen LogP contribution in [0.3, 0.4) is 0 Å². The van der Waals surface area contributed by atoms with Crippen molar-refractivity contribution >= 4 is 16.0 Å². The summed E-state index contributed by atoms with van der Waals surface area (Å²) in [6.07, 6.45) is -0.765. The number of hydrogen-bond acceptors (Lipinski definition) is 6. The number of carbonyl (C=O) groups is 1. The monoisotopic (exact) mass is 595 g/mol. The average molecular weight is 596 g/mol. The third-order valence-corrected chi connectivity index (χ3v) is 10.1. The van der Waals surface area contributed by atoms with Crippen LogP contribution in [-0.4, -0.2) is 81.5 Å². The standard InChI is InChI=1S/C27H38F5N3O4S/c1-40(37,38)35-12-5-19(6-13-35)24(21-14-22(28)17-23(29)15-21)7-11-34-10-4-20(18-2-8-33-9-3-18)16-25(34)39-26(36)27(30,31)32/h14-15,17-20,24-25,33H,2-13,16H2,1H3/t20?,24-,25?/m1/s1. The lowest BCUT2D eigenvalue weighted by Crippen LogP contribution is -2.49. The van der Waals surface area contributed by atoms with Gasteiger partial charge in [0.15, 0.2) is 6.23 Å². The number of carbonyl (C=O) groups excluding carboxylic acids is 1. The summed E-state index contributed by atoms with van der Waals surface area (Å²) in [6.45, 7) is 2.98. The summed E-state index contributed by atoms with van der Waals surface area (Å²) in [5.41, 5.74) is 0.434. The van der Waals surface area contributed by atoms with E-state index >= 15 is 0 Å². The quantitative estimate of drug-likeness (QED) is 0.358. The van der Waals surface area contributed by atoms with Gasteiger partial charge in [0.2, 0.25) is 10.0 Å². The first-order valence-corrected chi connectivity index (χ1v) is 15.8. The number of benzene rings is 1. The molecule has 3 heterocycles. The van der Waals surface area contributed by atoms with Gasteiger partial charge in [-0.3, -0.25) is 4.90 Å². The van der Waals surface area contributed by atoms with Crippen molar-refractivity contribution in [3.05, 3.63) is 35.4 Å². The Labute approximate surface area is 232 Å². The van der Waals surface area contributed by atoms with Crippen LogP contribution in [0.15, 0.2) is 18.2 Å². The summed E-state index contributed by atoms with van der Waals surface area (Å²) in [4.78, 5) is 13.6. The third-order valence-electron chi connectivity index (χ3n) is 8.80. The fraction of sp³-hybridized carbons (Fsp3) is 0.741. The van der Waals surface area contributed by atoms with E-state index in [2.05, 4.69) is 5.32 Å². The van der Waals surface area contributed by atoms with Gasteiger partial charge in [-0.2, -0.15) is 13.2 Å². The van der Waals surface area contributed by atoms with Crippen molar-refractivity contribution in [2.45, 2.75) is 63.3 Å². The summed E-state index contributed by atoms with van der Waals surface area (Å²) < 4.78 is 98.2. The third kappa shape index (κ3) is 8.13. The largest absolute Gasteiger partial charge is 0.490 e. The van der Waals surface area contributed by atoms with E-state index in [1.807, 2.05) is 0 Å². The van der Waals surface area contributed by atoms with Crippen LogP contribution in [0.2, 0.25) is 0 Å². The second-order valence-corrected chi connectivity index (χ2v) is 13.3. The number of esters is 1. The van der Waals surface area contributed by atoms with Gasteiger partial charge < -0.3 is 10.1 Å². The molecule has 1 aromatic rings. The topological polar surface area (TPSA) is 79.0 Å². The minimum atomic E-state index is -5.11. The highest BCUT2D eigenvalue weighted by atomic mass is 32.2. The van der Waals surface area contributed by atoms with Crippen molar-refractivity contribution in [3.8, 4) is 0 Å². The minimum Gasteiger partial charge on any atom is -0.440 e. The molecule has 2 unspecified atom stereocenters. The Morgan fingerprint density at radius 2 is 1.62 bits per heavy atom. The van der Waals surface area contributed by atoms with Crippen molar-refractivity contribution in [1.29, 1.82) is 0 Å². The lowest BCUT2D eigenvalue weighted by molar-refractivity contribution is -0.217. The molecule has 13 heteroatoms. The Morgan fingerprint density at radius 1 is 1.00 bits per heavy atom. The van der Waals surface area contributed by atoms with Crippen molar-refractivity contribution in [1.82, 2.24) is 14.5 Å². The molecule has 0 amide bonds. The summed E-state index contributed by atoms with van der Waals surface area (Å²) in [6, 6.07) is 3.31. The van der Waals surface area contributed by atoms with Crippen LogP contribution in [0.1, 0.15) is 56.4 Å². The maximum atomic E-state index is 14.2. The summed E-state index contributed by atoms with van der Waals surface area (Å²) in [5.74, 6) is -3.63. The maximum Gasteiger partial charge on any atom is 0.490 e. The van der Waals surface area contributed by atoms with Gasteiger partial charge in [-0.1, -0.05) is 0 Å². The fourth-order valence-corrected chi connectivity index (χ4v) is 7.57. The van der Waals surface area contributed by atoms with Crippen molar-refractivity contribution in [2.75, 3.05) is 45.5 Å². The molecule has 3 atom stereocenters.